The van der Waals surface area contributed by atoms with Gasteiger partial charge in [0.2, 0.25) is 0 Å². The van der Waals surface area contributed by atoms with E-state index >= 15 is 0 Å². The summed E-state index contributed by atoms with van der Waals surface area (Å²) in [5.74, 6) is 5.15. The van der Waals surface area contributed by atoms with Crippen molar-refractivity contribution < 1.29 is 9.90 Å². The largest absolute Gasteiger partial charge is 0.481 e. The van der Waals surface area contributed by atoms with E-state index in [1.165, 1.54) is 0 Å². The maximum absolute atomic E-state index is 10.6. The maximum atomic E-state index is 10.6. The van der Waals surface area contributed by atoms with Gasteiger partial charge in [-0.15, -0.1) is 0 Å². The van der Waals surface area contributed by atoms with Crippen LogP contribution in [0.15, 0.2) is 18.2 Å². The van der Waals surface area contributed by atoms with Gasteiger partial charge in [-0.25, -0.2) is 0 Å². The summed E-state index contributed by atoms with van der Waals surface area (Å²) < 4.78 is 0. The number of carboxylic acid groups (broad SMARTS) is 1. The first-order valence-corrected chi connectivity index (χ1v) is 5.24. The van der Waals surface area contributed by atoms with Crippen LogP contribution >= 0.6 is 24.2 Å². The quantitative estimate of drug-likeness (QED) is 0.615. The van der Waals surface area contributed by atoms with E-state index in [2.05, 4.69) is 24.5 Å². The molecule has 0 saturated heterocycles. The molecule has 1 rings (SSSR count). The summed E-state index contributed by atoms with van der Waals surface area (Å²) in [6.07, 6.45) is -0.0479. The maximum Gasteiger partial charge on any atom is 0.307 e. The lowest BCUT2D eigenvalue weighted by Crippen LogP contribution is -2.02. The monoisotopic (exact) mass is 240 g/mol. The molecule has 0 atom stereocenters. The molecule has 1 aromatic rings. The Morgan fingerprint density at radius 1 is 1.53 bits per heavy atom. The van der Waals surface area contributed by atoms with Gasteiger partial charge in [0.1, 0.15) is 0 Å². The fourth-order valence-electron chi connectivity index (χ4n) is 1.12. The van der Waals surface area contributed by atoms with Crippen molar-refractivity contribution in [3.05, 3.63) is 34.3 Å². The zero-order valence-corrected chi connectivity index (χ0v) is 9.48. The highest BCUT2D eigenvalue weighted by Crippen LogP contribution is 2.15. The molecule has 0 aliphatic heterocycles. The molecule has 0 bridgehead atoms. The van der Waals surface area contributed by atoms with Crippen LogP contribution in [0.1, 0.15) is 11.1 Å². The molecule has 0 amide bonds. The minimum atomic E-state index is -0.883. The highest BCUT2D eigenvalue weighted by Gasteiger charge is 2.05. The van der Waals surface area contributed by atoms with Crippen LogP contribution in [0.3, 0.4) is 0 Å². The minimum Gasteiger partial charge on any atom is -0.481 e. The zero-order chi connectivity index (χ0) is 11.3. The van der Waals surface area contributed by atoms with Crippen molar-refractivity contribution >= 4 is 30.2 Å². The van der Waals surface area contributed by atoms with Gasteiger partial charge in [0, 0.05) is 10.6 Å². The van der Waals surface area contributed by atoms with E-state index in [4.69, 9.17) is 16.7 Å². The number of hydrogen-bond donors (Lipinski definition) is 2. The Morgan fingerprint density at radius 3 is 2.87 bits per heavy atom. The van der Waals surface area contributed by atoms with E-state index in [9.17, 15) is 4.79 Å². The molecular weight excluding hydrogens is 232 g/mol. The summed E-state index contributed by atoms with van der Waals surface area (Å²) in [7, 11) is 0. The third kappa shape index (κ3) is 3.86. The van der Waals surface area contributed by atoms with Crippen molar-refractivity contribution in [1.82, 2.24) is 0 Å². The Kier molecular flexibility index (Phi) is 4.54. The smallest absolute Gasteiger partial charge is 0.307 e. The van der Waals surface area contributed by atoms with E-state index in [0.717, 1.165) is 0 Å². The van der Waals surface area contributed by atoms with Gasteiger partial charge in [0.05, 0.1) is 12.2 Å². The Morgan fingerprint density at radius 2 is 2.27 bits per heavy atom. The summed E-state index contributed by atoms with van der Waals surface area (Å²) in [5.41, 5.74) is 1.32. The second-order valence-corrected chi connectivity index (χ2v) is 3.58. The third-order valence-electron chi connectivity index (χ3n) is 1.72. The summed E-state index contributed by atoms with van der Waals surface area (Å²) in [4.78, 5) is 10.6. The van der Waals surface area contributed by atoms with Gasteiger partial charge in [0.15, 0.2) is 0 Å². The molecule has 1 N–H and O–H groups in total. The fourth-order valence-corrected chi connectivity index (χ4v) is 1.37. The van der Waals surface area contributed by atoms with Gasteiger partial charge in [0.25, 0.3) is 0 Å². The van der Waals surface area contributed by atoms with Crippen LogP contribution in [0, 0.1) is 11.8 Å². The predicted octanol–water partition coefficient (Wildman–Crippen LogP) is 2.25. The van der Waals surface area contributed by atoms with Gasteiger partial charge in [-0.05, 0) is 17.7 Å². The number of halogens is 1. The molecule has 2 nitrogen and oxygen atoms in total. The molecule has 0 radical (unpaired) electrons. The number of benzene rings is 1. The molecule has 4 heteroatoms. The first-order valence-electron chi connectivity index (χ1n) is 4.23. The molecular formula is C11H9ClO2S. The van der Waals surface area contributed by atoms with Gasteiger partial charge >= 0.3 is 5.97 Å². The van der Waals surface area contributed by atoms with E-state index in [1.54, 1.807) is 18.2 Å². The Labute approximate surface area is 98.7 Å². The highest BCUT2D eigenvalue weighted by molar-refractivity contribution is 7.80. The Hall–Kier alpha value is -1.11. The van der Waals surface area contributed by atoms with E-state index in [-0.39, 0.29) is 6.42 Å². The van der Waals surface area contributed by atoms with E-state index in [0.29, 0.717) is 21.9 Å². The standard InChI is InChI=1S/C11H9ClO2S/c12-10-4-3-9(7-11(13)14)8(6-10)2-1-5-15/h3-4,6,15H,5,7H2,(H,13,14). The molecule has 0 spiro atoms. The van der Waals surface area contributed by atoms with Gasteiger partial charge in [-0.2, -0.15) is 12.6 Å². The molecule has 0 aliphatic rings. The van der Waals surface area contributed by atoms with Crippen LogP contribution in [0.25, 0.3) is 0 Å². The molecule has 0 heterocycles. The molecule has 0 fully saturated rings. The van der Waals surface area contributed by atoms with Crippen LogP contribution in [0.4, 0.5) is 0 Å². The number of thiol groups is 1. The first kappa shape index (κ1) is 12.0. The van der Waals surface area contributed by atoms with Crippen molar-refractivity contribution in [2.45, 2.75) is 6.42 Å². The van der Waals surface area contributed by atoms with Crippen molar-refractivity contribution in [1.29, 1.82) is 0 Å². The number of carbonyl (C=O) groups is 1. The zero-order valence-electron chi connectivity index (χ0n) is 7.83. The van der Waals surface area contributed by atoms with Crippen LogP contribution in [0.2, 0.25) is 5.02 Å². The number of carboxylic acids is 1. The topological polar surface area (TPSA) is 37.3 Å². The lowest BCUT2D eigenvalue weighted by atomic mass is 10.1. The van der Waals surface area contributed by atoms with E-state index < -0.39 is 5.97 Å². The van der Waals surface area contributed by atoms with Crippen LogP contribution < -0.4 is 0 Å². The Bertz CT molecular complexity index is 432. The lowest BCUT2D eigenvalue weighted by molar-refractivity contribution is -0.136. The fraction of sp³-hybridized carbons (Fsp3) is 0.182. The van der Waals surface area contributed by atoms with Crippen LogP contribution in [0.5, 0.6) is 0 Å². The molecule has 0 aromatic heterocycles. The molecule has 0 unspecified atom stereocenters. The SMILES string of the molecule is O=C(O)Cc1ccc(Cl)cc1C#CCS. The molecule has 0 saturated carbocycles. The normalized spacial score (nSPS) is 9.20. The second kappa shape index (κ2) is 5.69. The average molecular weight is 241 g/mol. The third-order valence-corrected chi connectivity index (χ3v) is 2.11. The average Bonchev–Trinajstić information content (AvgIpc) is 2.18. The Balaban J connectivity index is 3.08. The predicted molar refractivity (Wildman–Crippen MR) is 63.5 cm³/mol. The molecule has 1 aromatic carbocycles. The lowest BCUT2D eigenvalue weighted by Gasteiger charge is -2.01. The summed E-state index contributed by atoms with van der Waals surface area (Å²) in [5, 5.41) is 9.24. The van der Waals surface area contributed by atoms with Crippen molar-refractivity contribution in [2.24, 2.45) is 0 Å². The van der Waals surface area contributed by atoms with Crippen LogP contribution in [-0.2, 0) is 11.2 Å². The van der Waals surface area contributed by atoms with Gasteiger partial charge < -0.3 is 5.11 Å². The minimum absolute atomic E-state index is 0.0479. The first-order chi connectivity index (χ1) is 7.13. The van der Waals surface area contributed by atoms with Crippen molar-refractivity contribution in [3.63, 3.8) is 0 Å². The van der Waals surface area contributed by atoms with Crippen molar-refractivity contribution in [2.75, 3.05) is 5.75 Å². The number of rotatable bonds is 2. The molecule has 0 aliphatic carbocycles. The number of aliphatic carboxylic acids is 1. The summed E-state index contributed by atoms with van der Waals surface area (Å²) in [6, 6.07) is 5.00. The van der Waals surface area contributed by atoms with Crippen molar-refractivity contribution in [3.8, 4) is 11.8 Å². The van der Waals surface area contributed by atoms with Crippen LogP contribution in [-0.4, -0.2) is 16.8 Å². The van der Waals surface area contributed by atoms with E-state index in [1.807, 2.05) is 0 Å². The van der Waals surface area contributed by atoms with Gasteiger partial charge in [-0.3, -0.25) is 4.79 Å². The molecule has 78 valence electrons. The second-order valence-electron chi connectivity index (χ2n) is 2.83. The summed E-state index contributed by atoms with van der Waals surface area (Å²) in [6.45, 7) is 0. The molecule has 15 heavy (non-hydrogen) atoms. The highest BCUT2D eigenvalue weighted by atomic mass is 35.5. The number of hydrogen-bond acceptors (Lipinski definition) is 2. The van der Waals surface area contributed by atoms with Gasteiger partial charge in [-0.1, -0.05) is 29.5 Å². The summed E-state index contributed by atoms with van der Waals surface area (Å²) >= 11 is 9.76.